The Kier molecular flexibility index (Phi) is 1.28. The van der Waals surface area contributed by atoms with Crippen LogP contribution >= 0.6 is 0 Å². The Labute approximate surface area is 62.5 Å². The second-order valence-corrected chi connectivity index (χ2v) is 2.33. The second-order valence-electron chi connectivity index (χ2n) is 2.33. The van der Waals surface area contributed by atoms with Gasteiger partial charge in [0.2, 0.25) is 0 Å². The van der Waals surface area contributed by atoms with Gasteiger partial charge in [-0.25, -0.2) is 0 Å². The lowest BCUT2D eigenvalue weighted by Gasteiger charge is -1.98. The van der Waals surface area contributed by atoms with Gasteiger partial charge in [-0.3, -0.25) is 9.89 Å². The van der Waals surface area contributed by atoms with Crippen molar-refractivity contribution in [2.45, 2.75) is 5.92 Å². The third-order valence-corrected chi connectivity index (χ3v) is 1.63. The Morgan fingerprint density at radius 2 is 2.55 bits per heavy atom. The number of nitrogens with one attached hydrogen (secondary N) is 1. The van der Waals surface area contributed by atoms with Gasteiger partial charge in [0.1, 0.15) is 5.92 Å². The van der Waals surface area contributed by atoms with Crippen molar-refractivity contribution < 1.29 is 4.79 Å². The van der Waals surface area contributed by atoms with Gasteiger partial charge in [0.15, 0.2) is 0 Å². The van der Waals surface area contributed by atoms with Gasteiger partial charge in [-0.15, -0.1) is 5.11 Å². The van der Waals surface area contributed by atoms with Crippen LogP contribution in [0.15, 0.2) is 22.5 Å². The Balaban J connectivity index is 2.26. The van der Waals surface area contributed by atoms with Crippen LogP contribution in [0.4, 0.5) is 0 Å². The number of aromatic nitrogens is 2. The summed E-state index contributed by atoms with van der Waals surface area (Å²) in [6.07, 6.45) is 1.61. The summed E-state index contributed by atoms with van der Waals surface area (Å²) in [6.45, 7) is 0.445. The molecule has 1 aromatic rings. The highest BCUT2D eigenvalue weighted by molar-refractivity contribution is 5.85. The van der Waals surface area contributed by atoms with Crippen LogP contribution in [-0.4, -0.2) is 22.6 Å². The predicted octanol–water partition coefficient (Wildman–Crippen LogP) is 0.486. The van der Waals surface area contributed by atoms with E-state index >= 15 is 0 Å². The van der Waals surface area contributed by atoms with Crippen molar-refractivity contribution >= 4 is 5.91 Å². The minimum atomic E-state index is -0.225. The Morgan fingerprint density at radius 1 is 1.64 bits per heavy atom. The van der Waals surface area contributed by atoms with Crippen LogP contribution in [0.2, 0.25) is 0 Å². The number of amides is 1. The minimum absolute atomic E-state index is 0.186. The highest BCUT2D eigenvalue weighted by Crippen LogP contribution is 2.19. The standard InChI is InChI=1S/C6H6N4O/c11-6-4(3-8-10-6)5-1-2-7-9-5/h1-2,4H,3H2,(H,7,9). The van der Waals surface area contributed by atoms with Crippen LogP contribution in [0.3, 0.4) is 0 Å². The number of carbonyl (C=O) groups is 1. The van der Waals surface area contributed by atoms with E-state index in [0.717, 1.165) is 5.69 Å². The maximum absolute atomic E-state index is 11.0. The van der Waals surface area contributed by atoms with E-state index in [-0.39, 0.29) is 11.8 Å². The van der Waals surface area contributed by atoms with Crippen molar-refractivity contribution in [3.63, 3.8) is 0 Å². The van der Waals surface area contributed by atoms with Crippen molar-refractivity contribution in [3.8, 4) is 0 Å². The quantitative estimate of drug-likeness (QED) is 0.632. The molecule has 1 aromatic heterocycles. The first-order valence-corrected chi connectivity index (χ1v) is 3.28. The fraction of sp³-hybridized carbons (Fsp3) is 0.333. The van der Waals surface area contributed by atoms with Crippen LogP contribution in [0.5, 0.6) is 0 Å². The molecule has 1 unspecified atom stereocenters. The number of hydrogen-bond donors (Lipinski definition) is 1. The maximum atomic E-state index is 11.0. The van der Waals surface area contributed by atoms with Crippen molar-refractivity contribution in [2.75, 3.05) is 6.54 Å². The molecule has 1 N–H and O–H groups in total. The number of aromatic amines is 1. The third-order valence-electron chi connectivity index (χ3n) is 1.63. The monoisotopic (exact) mass is 150 g/mol. The van der Waals surface area contributed by atoms with Crippen molar-refractivity contribution in [2.24, 2.45) is 10.2 Å². The second kappa shape index (κ2) is 2.26. The molecule has 0 saturated heterocycles. The van der Waals surface area contributed by atoms with Crippen LogP contribution < -0.4 is 0 Å². The molecule has 0 aliphatic carbocycles. The Bertz CT molecular complexity index is 290. The summed E-state index contributed by atoms with van der Waals surface area (Å²) in [5.74, 6) is -0.410. The highest BCUT2D eigenvalue weighted by Gasteiger charge is 2.25. The van der Waals surface area contributed by atoms with Gasteiger partial charge in [0.25, 0.3) is 5.91 Å². The molecule has 0 bridgehead atoms. The molecule has 1 atom stereocenters. The molecule has 0 radical (unpaired) electrons. The molecule has 5 heteroatoms. The van der Waals surface area contributed by atoms with Gasteiger partial charge < -0.3 is 0 Å². The average Bonchev–Trinajstić information content (AvgIpc) is 2.55. The summed E-state index contributed by atoms with van der Waals surface area (Å²) in [6, 6.07) is 1.76. The third kappa shape index (κ3) is 0.938. The first-order chi connectivity index (χ1) is 5.38. The molecule has 1 aliphatic rings. The molecule has 0 spiro atoms. The first kappa shape index (κ1) is 6.21. The lowest BCUT2D eigenvalue weighted by Crippen LogP contribution is -2.07. The molecular weight excluding hydrogens is 144 g/mol. The van der Waals surface area contributed by atoms with Gasteiger partial charge in [0.05, 0.1) is 6.54 Å². The summed E-state index contributed by atoms with van der Waals surface area (Å²) in [5, 5.41) is 13.5. The van der Waals surface area contributed by atoms with E-state index in [4.69, 9.17) is 0 Å². The van der Waals surface area contributed by atoms with Crippen molar-refractivity contribution in [1.29, 1.82) is 0 Å². The largest absolute Gasteiger partial charge is 0.282 e. The highest BCUT2D eigenvalue weighted by atomic mass is 16.2. The lowest BCUT2D eigenvalue weighted by atomic mass is 10.1. The molecular formula is C6H6N4O. The van der Waals surface area contributed by atoms with E-state index in [2.05, 4.69) is 20.4 Å². The zero-order valence-electron chi connectivity index (χ0n) is 5.69. The zero-order chi connectivity index (χ0) is 7.68. The molecule has 1 amide bonds. The number of carbonyl (C=O) groups excluding carboxylic acids is 1. The summed E-state index contributed by atoms with van der Waals surface area (Å²) in [4.78, 5) is 11.0. The van der Waals surface area contributed by atoms with Gasteiger partial charge >= 0.3 is 0 Å². The molecule has 2 rings (SSSR count). The number of H-pyrrole nitrogens is 1. The number of azo groups is 1. The van der Waals surface area contributed by atoms with Gasteiger partial charge in [0, 0.05) is 11.9 Å². The van der Waals surface area contributed by atoms with E-state index in [1.54, 1.807) is 12.3 Å². The molecule has 0 fully saturated rings. The smallest absolute Gasteiger partial charge is 0.275 e. The van der Waals surface area contributed by atoms with Gasteiger partial charge in [-0.05, 0) is 6.07 Å². The van der Waals surface area contributed by atoms with Gasteiger partial charge in [-0.1, -0.05) is 0 Å². The minimum Gasteiger partial charge on any atom is -0.282 e. The molecule has 1 aliphatic heterocycles. The molecule has 11 heavy (non-hydrogen) atoms. The molecule has 0 saturated carbocycles. The molecule has 0 aromatic carbocycles. The summed E-state index contributed by atoms with van der Waals surface area (Å²) < 4.78 is 0. The van der Waals surface area contributed by atoms with Crippen LogP contribution in [0.25, 0.3) is 0 Å². The Hall–Kier alpha value is -1.52. The lowest BCUT2D eigenvalue weighted by molar-refractivity contribution is -0.118. The first-order valence-electron chi connectivity index (χ1n) is 3.28. The van der Waals surface area contributed by atoms with Gasteiger partial charge in [-0.2, -0.15) is 10.2 Å². The number of nitrogens with zero attached hydrogens (tertiary/aromatic N) is 3. The van der Waals surface area contributed by atoms with Crippen LogP contribution in [-0.2, 0) is 4.79 Å². The molecule has 5 nitrogen and oxygen atoms in total. The van der Waals surface area contributed by atoms with E-state index in [9.17, 15) is 4.79 Å². The van der Waals surface area contributed by atoms with Crippen LogP contribution in [0, 0.1) is 0 Å². The predicted molar refractivity (Wildman–Crippen MR) is 36.1 cm³/mol. The number of rotatable bonds is 1. The van der Waals surface area contributed by atoms with E-state index in [1.807, 2.05) is 0 Å². The summed E-state index contributed by atoms with van der Waals surface area (Å²) in [7, 11) is 0. The van der Waals surface area contributed by atoms with Crippen molar-refractivity contribution in [3.05, 3.63) is 18.0 Å². The molecule has 2 heterocycles. The topological polar surface area (TPSA) is 70.5 Å². The molecule has 56 valence electrons. The summed E-state index contributed by atoms with van der Waals surface area (Å²) in [5.41, 5.74) is 0.792. The fourth-order valence-electron chi connectivity index (χ4n) is 1.03. The Morgan fingerprint density at radius 3 is 3.09 bits per heavy atom. The average molecular weight is 150 g/mol. The fourth-order valence-corrected chi connectivity index (χ4v) is 1.03. The zero-order valence-corrected chi connectivity index (χ0v) is 5.69. The normalized spacial score (nSPS) is 22.9. The van der Waals surface area contributed by atoms with Crippen LogP contribution in [0.1, 0.15) is 11.6 Å². The van der Waals surface area contributed by atoms with E-state index in [0.29, 0.717) is 6.54 Å². The van der Waals surface area contributed by atoms with Crippen molar-refractivity contribution in [1.82, 2.24) is 10.2 Å². The van der Waals surface area contributed by atoms with E-state index in [1.165, 1.54) is 0 Å². The number of hydrogen-bond acceptors (Lipinski definition) is 3. The van der Waals surface area contributed by atoms with E-state index < -0.39 is 0 Å². The SMILES string of the molecule is O=C1N=NCC1c1ccn[nH]1. The maximum Gasteiger partial charge on any atom is 0.275 e. The summed E-state index contributed by atoms with van der Waals surface area (Å²) >= 11 is 0.